The van der Waals surface area contributed by atoms with Gasteiger partial charge in [-0.1, -0.05) is 19.7 Å². The van der Waals surface area contributed by atoms with Crippen LogP contribution in [-0.4, -0.2) is 17.9 Å². The molecule has 0 spiro atoms. The molecule has 0 fully saturated rings. The Morgan fingerprint density at radius 2 is 0.773 bits per heavy atom. The van der Waals surface area contributed by atoms with Crippen molar-refractivity contribution in [2.24, 2.45) is 0 Å². The summed E-state index contributed by atoms with van der Waals surface area (Å²) in [4.78, 5) is 28.5. The van der Waals surface area contributed by atoms with E-state index in [0.29, 0.717) is 0 Å². The summed E-state index contributed by atoms with van der Waals surface area (Å²) in [5, 5.41) is 28.5. The van der Waals surface area contributed by atoms with Crippen molar-refractivity contribution in [2.45, 2.75) is 38.8 Å². The van der Waals surface area contributed by atoms with Crippen molar-refractivity contribution >= 4 is 17.9 Å². The first kappa shape index (κ1) is 28.5. The molecule has 0 rings (SSSR count). The predicted octanol–water partition coefficient (Wildman–Crippen LogP) is -0.701. The normalized spacial score (nSPS) is 7.82. The van der Waals surface area contributed by atoms with Gasteiger partial charge in [-0.3, -0.25) is 0 Å². The third-order valence-corrected chi connectivity index (χ3v) is 1.05. The van der Waals surface area contributed by atoms with E-state index in [2.05, 4.69) is 54.0 Å². The zero-order chi connectivity index (χ0) is 19.0. The second kappa shape index (κ2) is 17.4. The molecule has 0 unspecified atom stereocenters. The number of carbonyl (C=O) groups excluding carboxylic acids is 3. The first-order valence-electron chi connectivity index (χ1n) is 5.98. The second-order valence-electron chi connectivity index (χ2n) is 4.36. The van der Waals surface area contributed by atoms with Crippen LogP contribution < -0.4 is 15.3 Å². The quantitative estimate of drug-likeness (QED) is 0.492. The van der Waals surface area contributed by atoms with Gasteiger partial charge in [0.1, 0.15) is 0 Å². The van der Waals surface area contributed by atoms with E-state index in [0.717, 1.165) is 4.22 Å². The third kappa shape index (κ3) is 51.6. The number of aliphatic carboxylic acids is 3. The predicted molar refractivity (Wildman–Crippen MR) is 74.6 cm³/mol. The van der Waals surface area contributed by atoms with Crippen molar-refractivity contribution in [3.05, 3.63) is 36.5 Å². The van der Waals surface area contributed by atoms with Gasteiger partial charge in [-0.2, -0.15) is 0 Å². The summed E-state index contributed by atoms with van der Waals surface area (Å²) >= 11 is 2.17. The van der Waals surface area contributed by atoms with Crippen molar-refractivity contribution in [1.29, 1.82) is 0 Å². The molecule has 0 aromatic heterocycles. The number of carboxylic acid groups (broad SMARTS) is 3. The molecule has 0 aromatic carbocycles. The van der Waals surface area contributed by atoms with Crippen LogP contribution in [-0.2, 0) is 34.8 Å². The van der Waals surface area contributed by atoms with Crippen molar-refractivity contribution < 1.29 is 50.1 Å². The van der Waals surface area contributed by atoms with E-state index in [1.54, 1.807) is 0 Å². The van der Waals surface area contributed by atoms with Crippen molar-refractivity contribution in [3.63, 3.8) is 0 Å². The van der Waals surface area contributed by atoms with E-state index in [1.807, 2.05) is 0 Å². The van der Waals surface area contributed by atoms with Crippen molar-refractivity contribution in [2.75, 3.05) is 0 Å². The summed E-state index contributed by atoms with van der Waals surface area (Å²) in [5.74, 6) is -3.56. The summed E-state index contributed by atoms with van der Waals surface area (Å²) in [7, 11) is 0. The summed E-state index contributed by atoms with van der Waals surface area (Å²) in [6.45, 7) is 17.8. The Hall–Kier alpha value is -1.66. The molecule has 0 aliphatic heterocycles. The van der Waals surface area contributed by atoms with Crippen molar-refractivity contribution in [1.82, 2.24) is 0 Å². The van der Waals surface area contributed by atoms with Gasteiger partial charge in [-0.15, -0.1) is 0 Å². The van der Waals surface area contributed by atoms with Crippen LogP contribution in [0.2, 0.25) is 4.22 Å². The van der Waals surface area contributed by atoms with E-state index in [1.165, 1.54) is 20.8 Å². The van der Waals surface area contributed by atoms with E-state index in [-0.39, 0.29) is 16.7 Å². The Morgan fingerprint density at radius 1 is 0.727 bits per heavy atom. The van der Waals surface area contributed by atoms with Crippen LogP contribution in [0.25, 0.3) is 0 Å². The Bertz CT molecular complexity index is 314. The van der Waals surface area contributed by atoms with Crippen LogP contribution in [0.5, 0.6) is 0 Å². The molecule has 0 amide bonds. The maximum absolute atomic E-state index is 9.49. The van der Waals surface area contributed by atoms with Gasteiger partial charge in [0, 0.05) is 0 Å². The topological polar surface area (TPSA) is 120 Å². The number of rotatable bonds is 3. The van der Waals surface area contributed by atoms with Gasteiger partial charge in [0.05, 0.1) is 17.9 Å². The number of hydrogen-bond donors (Lipinski definition) is 0. The molecule has 0 radical (unpaired) electrons. The van der Waals surface area contributed by atoms with Gasteiger partial charge in [0.2, 0.25) is 0 Å². The van der Waals surface area contributed by atoms with E-state index >= 15 is 0 Å². The molecule has 6 nitrogen and oxygen atoms in total. The molecule has 7 heteroatoms. The number of carboxylic acids is 3. The molecule has 0 heterocycles. The minimum absolute atomic E-state index is 0.0648. The van der Waals surface area contributed by atoms with E-state index in [4.69, 9.17) is 0 Å². The first-order valence-corrected chi connectivity index (χ1v) is 6.88. The number of hydrogen-bond acceptors (Lipinski definition) is 6. The van der Waals surface area contributed by atoms with Gasteiger partial charge in [-0.05, 0) is 37.5 Å². The zero-order valence-corrected chi connectivity index (χ0v) is 15.2. The standard InChI is InChI=1S/3C4H6O2.C3H7.Ti/c3*1-3(2)4(5)6;1-3-2;/h3*1H2,2H3,(H,5,6);3H,1-2H3;/q;;;;+3/p-3. The SMILES string of the molecule is C=C(C)C(=O)[O-].C=C(C)C(=O)[O-].C=C(C)C(=O)[O-].C[CH](C)[Ti+3]. The zero-order valence-electron chi connectivity index (χ0n) is 13.6. The average molecular weight is 346 g/mol. The van der Waals surface area contributed by atoms with Gasteiger partial charge in [0.25, 0.3) is 0 Å². The van der Waals surface area contributed by atoms with Crippen LogP contribution in [0.4, 0.5) is 0 Å². The summed E-state index contributed by atoms with van der Waals surface area (Å²) < 4.78 is 0.833. The fraction of sp³-hybridized carbons (Fsp3) is 0.400. The van der Waals surface area contributed by atoms with Crippen LogP contribution in [0, 0.1) is 0 Å². The van der Waals surface area contributed by atoms with E-state index in [9.17, 15) is 29.7 Å². The Labute approximate surface area is 143 Å². The van der Waals surface area contributed by atoms with Crippen molar-refractivity contribution in [3.8, 4) is 0 Å². The minimum atomic E-state index is -1.19. The van der Waals surface area contributed by atoms with Crippen LogP contribution in [0.3, 0.4) is 0 Å². The molecular weight excluding hydrogens is 324 g/mol. The Balaban J connectivity index is -0.0000000994. The molecule has 0 aromatic rings. The van der Waals surface area contributed by atoms with Gasteiger partial charge in [0.15, 0.2) is 0 Å². The van der Waals surface area contributed by atoms with Gasteiger partial charge in [-0.25, -0.2) is 0 Å². The number of carbonyl (C=O) groups is 3. The fourth-order valence-corrected chi connectivity index (χ4v) is 0. The van der Waals surface area contributed by atoms with Crippen LogP contribution in [0.1, 0.15) is 34.6 Å². The fourth-order valence-electron chi connectivity index (χ4n) is 0. The second-order valence-corrected chi connectivity index (χ2v) is 6.16. The van der Waals surface area contributed by atoms with E-state index < -0.39 is 17.9 Å². The molecule has 0 bridgehead atoms. The Morgan fingerprint density at radius 3 is 0.773 bits per heavy atom. The third-order valence-electron chi connectivity index (χ3n) is 1.05. The Kier molecular flexibility index (Phi) is 22.5. The first-order chi connectivity index (χ1) is 9.66. The van der Waals surface area contributed by atoms with Crippen LogP contribution in [0.15, 0.2) is 36.5 Å². The average Bonchev–Trinajstić information content (AvgIpc) is 2.29. The van der Waals surface area contributed by atoms with Gasteiger partial charge >= 0.3 is 38.5 Å². The molecule has 0 atom stereocenters. The molecule has 22 heavy (non-hydrogen) atoms. The molecule has 0 aliphatic rings. The van der Waals surface area contributed by atoms with Crippen LogP contribution >= 0.6 is 0 Å². The molecule has 0 saturated carbocycles. The molecular formula is C15H22O6Ti. The van der Waals surface area contributed by atoms with Gasteiger partial charge < -0.3 is 29.7 Å². The molecule has 122 valence electrons. The monoisotopic (exact) mass is 346 g/mol. The summed E-state index contributed by atoms with van der Waals surface area (Å²) in [6.07, 6.45) is 0. The molecule has 0 saturated heterocycles. The molecule has 0 N–H and O–H groups in total. The summed E-state index contributed by atoms with van der Waals surface area (Å²) in [6, 6.07) is 0. The molecule has 0 aliphatic carbocycles. The summed E-state index contributed by atoms with van der Waals surface area (Å²) in [5.41, 5.74) is 0.194. The maximum atomic E-state index is 9.49.